The van der Waals surface area contributed by atoms with Gasteiger partial charge >= 0.3 is 0 Å². The number of nitrogen functional groups attached to an aromatic ring is 1. The molecule has 4 rings (SSSR count). The van der Waals surface area contributed by atoms with Crippen molar-refractivity contribution in [1.29, 1.82) is 0 Å². The summed E-state index contributed by atoms with van der Waals surface area (Å²) in [5.41, 5.74) is 10.5. The molecule has 0 saturated heterocycles. The lowest BCUT2D eigenvalue weighted by molar-refractivity contribution is 0.0959. The molecule has 5 nitrogen and oxygen atoms in total. The number of nitrogens with zero attached hydrogens (tertiary/aromatic N) is 1. The number of rotatable bonds is 5. The first-order valence-corrected chi connectivity index (χ1v) is 11.1. The standard InChI is InChI=1S/C23H27N3O2S/c1-28-17-10-8-15(9-11-17)12-13-25-22(27)21-20(24)18-14-16-6-4-2-3-5-7-19(16)26-23(18)29-21/h8-11,14H,2-7,12-13,24H2,1H3,(H,25,27). The molecule has 3 aromatic rings. The van der Waals surface area contributed by atoms with Crippen molar-refractivity contribution >= 4 is 33.1 Å². The molecule has 0 saturated carbocycles. The average Bonchev–Trinajstić information content (AvgIpc) is 3.04. The lowest BCUT2D eigenvalue weighted by Gasteiger charge is -2.12. The van der Waals surface area contributed by atoms with Gasteiger partial charge in [0.25, 0.3) is 5.91 Å². The zero-order valence-corrected chi connectivity index (χ0v) is 17.6. The van der Waals surface area contributed by atoms with Crippen LogP contribution >= 0.6 is 11.3 Å². The molecule has 0 radical (unpaired) electrons. The molecule has 1 aromatic carbocycles. The van der Waals surface area contributed by atoms with Crippen molar-refractivity contribution in [1.82, 2.24) is 10.3 Å². The molecule has 0 spiro atoms. The highest BCUT2D eigenvalue weighted by atomic mass is 32.1. The Morgan fingerprint density at radius 1 is 1.17 bits per heavy atom. The number of aryl methyl sites for hydroxylation is 2. The van der Waals surface area contributed by atoms with E-state index in [-0.39, 0.29) is 5.91 Å². The number of carbonyl (C=O) groups excluding carboxylic acids is 1. The van der Waals surface area contributed by atoms with E-state index in [9.17, 15) is 4.79 Å². The van der Waals surface area contributed by atoms with Gasteiger partial charge in [0.05, 0.1) is 12.8 Å². The molecule has 0 aliphatic heterocycles. The Morgan fingerprint density at radius 2 is 1.93 bits per heavy atom. The SMILES string of the molecule is COc1ccc(CCNC(=O)c2sc3nc4c(cc3c2N)CCCCCC4)cc1. The minimum Gasteiger partial charge on any atom is -0.497 e. The van der Waals surface area contributed by atoms with Crippen molar-refractivity contribution < 1.29 is 9.53 Å². The normalized spacial score (nSPS) is 14.1. The van der Waals surface area contributed by atoms with Gasteiger partial charge in [0.2, 0.25) is 0 Å². The van der Waals surface area contributed by atoms with Gasteiger partial charge in [0, 0.05) is 17.6 Å². The second-order valence-corrected chi connectivity index (χ2v) is 8.56. The van der Waals surface area contributed by atoms with Gasteiger partial charge in [-0.1, -0.05) is 25.0 Å². The van der Waals surface area contributed by atoms with Crippen molar-refractivity contribution in [2.45, 2.75) is 44.9 Å². The van der Waals surface area contributed by atoms with Crippen LogP contribution in [0.25, 0.3) is 10.2 Å². The number of nitrogens with two attached hydrogens (primary N) is 1. The van der Waals surface area contributed by atoms with Gasteiger partial charge < -0.3 is 15.8 Å². The van der Waals surface area contributed by atoms with Gasteiger partial charge in [0.1, 0.15) is 15.5 Å². The Kier molecular flexibility index (Phi) is 6.00. The second kappa shape index (κ2) is 8.82. The predicted octanol–water partition coefficient (Wildman–Crippen LogP) is 4.52. The number of hydrogen-bond acceptors (Lipinski definition) is 5. The van der Waals surface area contributed by atoms with Gasteiger partial charge in [-0.05, 0) is 61.4 Å². The largest absolute Gasteiger partial charge is 0.497 e. The fraction of sp³-hybridized carbons (Fsp3) is 0.391. The molecular formula is C23H27N3O2S. The summed E-state index contributed by atoms with van der Waals surface area (Å²) >= 11 is 1.40. The number of aromatic nitrogens is 1. The molecule has 1 aliphatic carbocycles. The molecule has 3 N–H and O–H groups in total. The van der Waals surface area contributed by atoms with Gasteiger partial charge in [-0.2, -0.15) is 0 Å². The number of pyridine rings is 1. The summed E-state index contributed by atoms with van der Waals surface area (Å²) in [6.45, 7) is 0.558. The van der Waals surface area contributed by atoms with Crippen LogP contribution in [0, 0.1) is 0 Å². The fourth-order valence-electron chi connectivity index (χ4n) is 3.87. The molecule has 152 valence electrons. The summed E-state index contributed by atoms with van der Waals surface area (Å²) in [5, 5.41) is 3.93. The van der Waals surface area contributed by atoms with Crippen LogP contribution in [0.3, 0.4) is 0 Å². The minimum absolute atomic E-state index is 0.119. The Hall–Kier alpha value is -2.60. The topological polar surface area (TPSA) is 77.2 Å². The maximum Gasteiger partial charge on any atom is 0.263 e. The highest BCUT2D eigenvalue weighted by Crippen LogP contribution is 2.35. The number of benzene rings is 1. The summed E-state index contributed by atoms with van der Waals surface area (Å²) in [5.74, 6) is 0.712. The first kappa shape index (κ1) is 19.7. The lowest BCUT2D eigenvalue weighted by Crippen LogP contribution is -2.25. The first-order valence-electron chi connectivity index (χ1n) is 10.3. The Labute approximate surface area is 175 Å². The quantitative estimate of drug-likeness (QED) is 0.650. The van der Waals surface area contributed by atoms with Crippen LogP contribution in [-0.2, 0) is 19.3 Å². The van der Waals surface area contributed by atoms with E-state index in [1.807, 2.05) is 24.3 Å². The molecule has 6 heteroatoms. The molecule has 1 aliphatic rings. The fourth-order valence-corrected chi connectivity index (χ4v) is 4.89. The molecule has 0 fully saturated rings. The maximum absolute atomic E-state index is 12.7. The van der Waals surface area contributed by atoms with Crippen LogP contribution in [0.5, 0.6) is 5.75 Å². The number of thiophene rings is 1. The predicted molar refractivity (Wildman–Crippen MR) is 119 cm³/mol. The van der Waals surface area contributed by atoms with E-state index in [0.717, 1.165) is 40.8 Å². The number of amides is 1. The number of anilines is 1. The molecule has 0 unspecified atom stereocenters. The van der Waals surface area contributed by atoms with E-state index < -0.39 is 0 Å². The van der Waals surface area contributed by atoms with E-state index in [1.165, 1.54) is 48.3 Å². The van der Waals surface area contributed by atoms with Crippen LogP contribution in [-0.4, -0.2) is 24.5 Å². The van der Waals surface area contributed by atoms with Crippen molar-refractivity contribution in [3.63, 3.8) is 0 Å². The third-order valence-corrected chi connectivity index (χ3v) is 6.68. The Bertz CT molecular complexity index is 1010. The number of nitrogens with one attached hydrogen (secondary N) is 1. The van der Waals surface area contributed by atoms with E-state index in [2.05, 4.69) is 11.4 Å². The zero-order valence-electron chi connectivity index (χ0n) is 16.8. The summed E-state index contributed by atoms with van der Waals surface area (Å²) in [7, 11) is 1.65. The van der Waals surface area contributed by atoms with Crippen molar-refractivity contribution in [3.8, 4) is 5.75 Å². The van der Waals surface area contributed by atoms with E-state index in [4.69, 9.17) is 15.5 Å². The van der Waals surface area contributed by atoms with Crippen LogP contribution < -0.4 is 15.8 Å². The van der Waals surface area contributed by atoms with Crippen LogP contribution in [0.1, 0.15) is 52.2 Å². The Morgan fingerprint density at radius 3 is 2.69 bits per heavy atom. The zero-order chi connectivity index (χ0) is 20.2. The number of methoxy groups -OCH3 is 1. The highest BCUT2D eigenvalue weighted by Gasteiger charge is 2.19. The van der Waals surface area contributed by atoms with Crippen molar-refractivity contribution in [2.24, 2.45) is 0 Å². The van der Waals surface area contributed by atoms with Gasteiger partial charge in [-0.15, -0.1) is 11.3 Å². The molecule has 0 atom stereocenters. The summed E-state index contributed by atoms with van der Waals surface area (Å²) in [6, 6.07) is 10.1. The monoisotopic (exact) mass is 409 g/mol. The molecule has 1 amide bonds. The summed E-state index contributed by atoms with van der Waals surface area (Å²) in [6.07, 6.45) is 7.76. The minimum atomic E-state index is -0.119. The molecule has 2 aromatic heterocycles. The maximum atomic E-state index is 12.7. The van der Waals surface area contributed by atoms with Crippen LogP contribution in [0.4, 0.5) is 5.69 Å². The van der Waals surface area contributed by atoms with E-state index in [0.29, 0.717) is 17.1 Å². The molecular weight excluding hydrogens is 382 g/mol. The molecule has 2 heterocycles. The van der Waals surface area contributed by atoms with Crippen molar-refractivity contribution in [2.75, 3.05) is 19.4 Å². The number of ether oxygens (including phenoxy) is 1. The number of hydrogen-bond donors (Lipinski definition) is 2. The van der Waals surface area contributed by atoms with Crippen molar-refractivity contribution in [3.05, 3.63) is 52.0 Å². The van der Waals surface area contributed by atoms with Gasteiger partial charge in [-0.25, -0.2) is 4.98 Å². The number of fused-ring (bicyclic) bond motifs is 2. The van der Waals surface area contributed by atoms with E-state index in [1.54, 1.807) is 7.11 Å². The summed E-state index contributed by atoms with van der Waals surface area (Å²) < 4.78 is 5.17. The second-order valence-electron chi connectivity index (χ2n) is 7.56. The van der Waals surface area contributed by atoms with Crippen LogP contribution in [0.15, 0.2) is 30.3 Å². The third-order valence-electron chi connectivity index (χ3n) is 5.56. The smallest absolute Gasteiger partial charge is 0.263 e. The molecule has 29 heavy (non-hydrogen) atoms. The Balaban J connectivity index is 1.47. The number of carbonyl (C=O) groups is 1. The van der Waals surface area contributed by atoms with Gasteiger partial charge in [-0.3, -0.25) is 4.79 Å². The average molecular weight is 410 g/mol. The summed E-state index contributed by atoms with van der Waals surface area (Å²) in [4.78, 5) is 19.0. The highest BCUT2D eigenvalue weighted by molar-refractivity contribution is 7.21. The lowest BCUT2D eigenvalue weighted by atomic mass is 9.96. The first-order chi connectivity index (χ1) is 14.2. The van der Waals surface area contributed by atoms with E-state index >= 15 is 0 Å². The van der Waals surface area contributed by atoms with Gasteiger partial charge in [0.15, 0.2) is 0 Å². The third kappa shape index (κ3) is 4.37. The molecule has 0 bridgehead atoms. The van der Waals surface area contributed by atoms with Crippen LogP contribution in [0.2, 0.25) is 0 Å².